The fourth-order valence-electron chi connectivity index (χ4n) is 1.03. The highest BCUT2D eigenvalue weighted by Crippen LogP contribution is 2.29. The van der Waals surface area contributed by atoms with Crippen molar-refractivity contribution < 1.29 is 9.59 Å². The van der Waals surface area contributed by atoms with Crippen LogP contribution >= 0.6 is 23.2 Å². The van der Waals surface area contributed by atoms with E-state index in [9.17, 15) is 9.59 Å². The van der Waals surface area contributed by atoms with E-state index in [-0.39, 0.29) is 5.38 Å². The molecule has 0 aromatic carbocycles. The number of rotatable bonds is 5. The molecular weight excluding hydrogens is 239 g/mol. The van der Waals surface area contributed by atoms with Gasteiger partial charge in [0.1, 0.15) is 0 Å². The molecular formula is C9H16Cl2N2O2. The zero-order valence-corrected chi connectivity index (χ0v) is 10.4. The third kappa shape index (κ3) is 4.71. The van der Waals surface area contributed by atoms with E-state index >= 15 is 0 Å². The van der Waals surface area contributed by atoms with Crippen LogP contribution in [-0.4, -0.2) is 23.2 Å². The summed E-state index contributed by atoms with van der Waals surface area (Å²) in [6.07, 6.45) is 1.34. The van der Waals surface area contributed by atoms with E-state index in [0.717, 1.165) is 6.42 Å². The molecule has 0 aromatic heterocycles. The number of halogens is 2. The highest BCUT2D eigenvalue weighted by molar-refractivity contribution is 6.23. The SMILES string of the molecule is CC(C)(C(=O)NC(N)=O)C(Cl)CCCCl. The van der Waals surface area contributed by atoms with E-state index in [1.165, 1.54) is 0 Å². The Morgan fingerprint density at radius 2 is 2.00 bits per heavy atom. The zero-order valence-electron chi connectivity index (χ0n) is 8.85. The summed E-state index contributed by atoms with van der Waals surface area (Å²) in [6.45, 7) is 3.33. The summed E-state index contributed by atoms with van der Waals surface area (Å²) in [4.78, 5) is 22.1. The van der Waals surface area contributed by atoms with E-state index < -0.39 is 17.4 Å². The molecule has 0 saturated heterocycles. The van der Waals surface area contributed by atoms with E-state index in [2.05, 4.69) is 0 Å². The summed E-state index contributed by atoms with van der Waals surface area (Å²) in [5.74, 6) is 0.0288. The average molecular weight is 255 g/mol. The molecule has 0 aliphatic rings. The maximum Gasteiger partial charge on any atom is 0.318 e. The van der Waals surface area contributed by atoms with E-state index in [4.69, 9.17) is 28.9 Å². The molecule has 4 nitrogen and oxygen atoms in total. The highest BCUT2D eigenvalue weighted by Gasteiger charge is 2.35. The summed E-state index contributed by atoms with van der Waals surface area (Å²) in [6, 6.07) is -0.866. The molecule has 0 heterocycles. The Hall–Kier alpha value is -0.480. The number of hydrogen-bond acceptors (Lipinski definition) is 2. The first-order valence-corrected chi connectivity index (χ1v) is 5.60. The van der Waals surface area contributed by atoms with E-state index in [1.807, 2.05) is 5.32 Å². The topological polar surface area (TPSA) is 72.2 Å². The lowest BCUT2D eigenvalue weighted by molar-refractivity contribution is -0.128. The summed E-state index contributed by atoms with van der Waals surface area (Å²) < 4.78 is 0. The average Bonchev–Trinajstić information content (AvgIpc) is 2.12. The van der Waals surface area contributed by atoms with Crippen molar-refractivity contribution in [2.45, 2.75) is 32.1 Å². The van der Waals surface area contributed by atoms with Gasteiger partial charge in [-0.15, -0.1) is 23.2 Å². The van der Waals surface area contributed by atoms with Gasteiger partial charge in [-0.2, -0.15) is 0 Å². The number of carbonyl (C=O) groups is 2. The van der Waals surface area contributed by atoms with Gasteiger partial charge in [-0.05, 0) is 26.7 Å². The minimum absolute atomic E-state index is 0.379. The molecule has 88 valence electrons. The number of nitrogens with two attached hydrogens (primary N) is 1. The van der Waals surface area contributed by atoms with Gasteiger partial charge in [-0.25, -0.2) is 4.79 Å². The maximum atomic E-state index is 11.6. The zero-order chi connectivity index (χ0) is 12.1. The fraction of sp³-hybridized carbons (Fsp3) is 0.778. The summed E-state index contributed by atoms with van der Waals surface area (Å²) in [5.41, 5.74) is 4.01. The van der Waals surface area contributed by atoms with Crippen molar-refractivity contribution in [3.63, 3.8) is 0 Å². The van der Waals surface area contributed by atoms with Crippen LogP contribution in [0.4, 0.5) is 4.79 Å². The Morgan fingerprint density at radius 3 is 2.40 bits per heavy atom. The van der Waals surface area contributed by atoms with Gasteiger partial charge in [-0.3, -0.25) is 10.1 Å². The van der Waals surface area contributed by atoms with Gasteiger partial charge in [0.2, 0.25) is 5.91 Å². The highest BCUT2D eigenvalue weighted by atomic mass is 35.5. The third-order valence-electron chi connectivity index (χ3n) is 2.20. The molecule has 3 N–H and O–H groups in total. The van der Waals surface area contributed by atoms with Crippen LogP contribution in [0.1, 0.15) is 26.7 Å². The second kappa shape index (κ2) is 6.18. The lowest BCUT2D eigenvalue weighted by Crippen LogP contribution is -2.47. The molecule has 0 aliphatic carbocycles. The first-order chi connectivity index (χ1) is 6.82. The minimum atomic E-state index is -0.866. The van der Waals surface area contributed by atoms with Crippen LogP contribution in [0.25, 0.3) is 0 Å². The molecule has 0 spiro atoms. The molecule has 0 fully saturated rings. The van der Waals surface area contributed by atoms with Gasteiger partial charge in [-0.1, -0.05) is 0 Å². The quantitative estimate of drug-likeness (QED) is 0.735. The number of alkyl halides is 2. The number of carbonyl (C=O) groups excluding carboxylic acids is 2. The van der Waals surface area contributed by atoms with Crippen LogP contribution in [0.3, 0.4) is 0 Å². The van der Waals surface area contributed by atoms with Gasteiger partial charge >= 0.3 is 6.03 Å². The number of imide groups is 1. The van der Waals surface area contributed by atoms with Gasteiger partial charge in [0.15, 0.2) is 0 Å². The van der Waals surface area contributed by atoms with E-state index in [1.54, 1.807) is 13.8 Å². The van der Waals surface area contributed by atoms with Gasteiger partial charge in [0.25, 0.3) is 0 Å². The van der Waals surface area contributed by atoms with Crippen LogP contribution in [-0.2, 0) is 4.79 Å². The molecule has 1 atom stereocenters. The number of nitrogens with one attached hydrogen (secondary N) is 1. The molecule has 0 bridgehead atoms. The molecule has 6 heteroatoms. The Kier molecular flexibility index (Phi) is 5.98. The lowest BCUT2D eigenvalue weighted by atomic mass is 9.85. The monoisotopic (exact) mass is 254 g/mol. The third-order valence-corrected chi connectivity index (χ3v) is 3.23. The number of amides is 3. The Bertz CT molecular complexity index is 244. The van der Waals surface area contributed by atoms with Crippen molar-refractivity contribution in [3.8, 4) is 0 Å². The molecule has 0 saturated carbocycles. The van der Waals surface area contributed by atoms with Gasteiger partial charge in [0.05, 0.1) is 5.41 Å². The smallest absolute Gasteiger partial charge is 0.318 e. The molecule has 0 radical (unpaired) electrons. The molecule has 0 rings (SSSR count). The Morgan fingerprint density at radius 1 is 1.47 bits per heavy atom. The largest absolute Gasteiger partial charge is 0.351 e. The second-order valence-electron chi connectivity index (χ2n) is 3.84. The minimum Gasteiger partial charge on any atom is -0.351 e. The molecule has 15 heavy (non-hydrogen) atoms. The number of primary amides is 1. The summed E-state index contributed by atoms with van der Waals surface area (Å²) >= 11 is 11.6. The van der Waals surface area contributed by atoms with Crippen molar-refractivity contribution >= 4 is 35.1 Å². The fourth-order valence-corrected chi connectivity index (χ4v) is 1.44. The molecule has 0 aromatic rings. The van der Waals surface area contributed by atoms with Crippen LogP contribution < -0.4 is 11.1 Å². The first kappa shape index (κ1) is 14.5. The normalized spacial score (nSPS) is 13.3. The molecule has 3 amide bonds. The standard InChI is InChI=1S/C9H16Cl2N2O2/c1-9(2,6(11)4-3-5-10)7(14)13-8(12)15/h6H,3-5H2,1-2H3,(H3,12,13,14,15). The summed E-state index contributed by atoms with van der Waals surface area (Å²) in [7, 11) is 0. The number of urea groups is 1. The maximum absolute atomic E-state index is 11.6. The Balaban J connectivity index is 4.36. The number of hydrogen-bond donors (Lipinski definition) is 2. The van der Waals surface area contributed by atoms with Crippen molar-refractivity contribution in [1.29, 1.82) is 0 Å². The second-order valence-corrected chi connectivity index (χ2v) is 4.74. The first-order valence-electron chi connectivity index (χ1n) is 4.63. The molecule has 0 aliphatic heterocycles. The van der Waals surface area contributed by atoms with Gasteiger partial charge < -0.3 is 5.73 Å². The lowest BCUT2D eigenvalue weighted by Gasteiger charge is -2.27. The van der Waals surface area contributed by atoms with Crippen molar-refractivity contribution in [3.05, 3.63) is 0 Å². The van der Waals surface area contributed by atoms with E-state index in [0.29, 0.717) is 12.3 Å². The van der Waals surface area contributed by atoms with Gasteiger partial charge in [0, 0.05) is 11.3 Å². The van der Waals surface area contributed by atoms with Crippen molar-refractivity contribution in [2.24, 2.45) is 11.1 Å². The summed E-state index contributed by atoms with van der Waals surface area (Å²) in [5, 5.41) is 1.64. The molecule has 1 unspecified atom stereocenters. The van der Waals surface area contributed by atoms with Crippen LogP contribution in [0, 0.1) is 5.41 Å². The predicted molar refractivity (Wildman–Crippen MR) is 61.1 cm³/mol. The van der Waals surface area contributed by atoms with Crippen molar-refractivity contribution in [1.82, 2.24) is 5.32 Å². The predicted octanol–water partition coefficient (Wildman–Crippen LogP) is 1.83. The van der Waals surface area contributed by atoms with Crippen LogP contribution in [0.15, 0.2) is 0 Å². The Labute approximate surface area is 99.5 Å². The van der Waals surface area contributed by atoms with Crippen LogP contribution in [0.2, 0.25) is 0 Å². The van der Waals surface area contributed by atoms with Crippen molar-refractivity contribution in [2.75, 3.05) is 5.88 Å². The van der Waals surface area contributed by atoms with Crippen LogP contribution in [0.5, 0.6) is 0 Å².